The van der Waals surface area contributed by atoms with Crippen LogP contribution in [0.4, 0.5) is 5.82 Å². The Balaban J connectivity index is 1.51. The first-order valence-electron chi connectivity index (χ1n) is 10.5. The number of carbonyl (C=O) groups excluding carboxylic acids is 1. The molecule has 0 spiro atoms. The lowest BCUT2D eigenvalue weighted by molar-refractivity contribution is -0.130. The Labute approximate surface area is 191 Å². The average Bonchev–Trinajstić information content (AvgIpc) is 3.24. The van der Waals surface area contributed by atoms with Crippen LogP contribution in [0.3, 0.4) is 0 Å². The van der Waals surface area contributed by atoms with Crippen molar-refractivity contribution < 1.29 is 9.53 Å². The Hall–Kier alpha value is -3.29. The first kappa shape index (κ1) is 21.9. The number of ether oxygens (including phenoxy) is 1. The van der Waals surface area contributed by atoms with Gasteiger partial charge in [0, 0.05) is 44.6 Å². The lowest BCUT2D eigenvalue weighted by Crippen LogP contribution is -2.27. The number of rotatable bonds is 9. The molecule has 0 radical (unpaired) electrons. The average molecular weight is 447 g/mol. The molecule has 1 amide bonds. The zero-order valence-electron chi connectivity index (χ0n) is 18.2. The van der Waals surface area contributed by atoms with Gasteiger partial charge in [0.05, 0.1) is 5.39 Å². The molecule has 0 saturated carbocycles. The number of carbonyl (C=O) groups is 1. The molecule has 0 atom stereocenters. The lowest BCUT2D eigenvalue weighted by Gasteiger charge is -2.18. The molecule has 4 aromatic rings. The standard InChI is InChI=1S/C25H26N4O2S/c1-29(15-18-9-5-3-6-10-18)22(30)13-14-26-24-23-20(19-11-7-4-8-12-19)17-32-25(23)28-21(27-24)16-31-2/h3-12,17H,13-16H2,1-2H3,(H,26,27,28). The summed E-state index contributed by atoms with van der Waals surface area (Å²) in [6.45, 7) is 1.42. The molecule has 0 aliphatic heterocycles. The van der Waals surface area contributed by atoms with Crippen LogP contribution in [0.1, 0.15) is 17.8 Å². The van der Waals surface area contributed by atoms with E-state index in [2.05, 4.69) is 27.8 Å². The second-order valence-corrected chi connectivity index (χ2v) is 8.39. The molecule has 164 valence electrons. The second-order valence-electron chi connectivity index (χ2n) is 7.53. The fourth-order valence-corrected chi connectivity index (χ4v) is 4.53. The van der Waals surface area contributed by atoms with E-state index in [1.807, 2.05) is 55.6 Å². The molecule has 1 N–H and O–H groups in total. The van der Waals surface area contributed by atoms with E-state index in [0.717, 1.165) is 32.7 Å². The quantitative estimate of drug-likeness (QED) is 0.393. The molecular formula is C25H26N4O2S. The van der Waals surface area contributed by atoms with Gasteiger partial charge in [0.25, 0.3) is 0 Å². The molecule has 0 aliphatic rings. The van der Waals surface area contributed by atoms with Gasteiger partial charge in [0.2, 0.25) is 5.91 Å². The highest BCUT2D eigenvalue weighted by Crippen LogP contribution is 2.37. The van der Waals surface area contributed by atoms with Gasteiger partial charge >= 0.3 is 0 Å². The van der Waals surface area contributed by atoms with Gasteiger partial charge in [0.1, 0.15) is 17.3 Å². The first-order chi connectivity index (χ1) is 15.7. The molecule has 2 heterocycles. The summed E-state index contributed by atoms with van der Waals surface area (Å²) in [4.78, 5) is 24.7. The normalized spacial score (nSPS) is 10.9. The van der Waals surface area contributed by atoms with Crippen molar-refractivity contribution in [1.82, 2.24) is 14.9 Å². The third-order valence-corrected chi connectivity index (χ3v) is 6.03. The number of nitrogens with one attached hydrogen (secondary N) is 1. The molecular weight excluding hydrogens is 420 g/mol. The fraction of sp³-hybridized carbons (Fsp3) is 0.240. The van der Waals surface area contributed by atoms with Crippen LogP contribution in [0, 0.1) is 0 Å². The van der Waals surface area contributed by atoms with E-state index in [9.17, 15) is 4.79 Å². The van der Waals surface area contributed by atoms with Gasteiger partial charge in [0.15, 0.2) is 5.82 Å². The highest BCUT2D eigenvalue weighted by molar-refractivity contribution is 7.17. The summed E-state index contributed by atoms with van der Waals surface area (Å²) < 4.78 is 5.25. The van der Waals surface area contributed by atoms with E-state index >= 15 is 0 Å². The van der Waals surface area contributed by atoms with Gasteiger partial charge in [-0.15, -0.1) is 11.3 Å². The SMILES string of the molecule is COCc1nc(NCCC(=O)N(C)Cc2ccccc2)c2c(-c3ccccc3)csc2n1. The molecule has 0 fully saturated rings. The van der Waals surface area contributed by atoms with E-state index in [1.165, 1.54) is 0 Å². The number of anilines is 1. The monoisotopic (exact) mass is 446 g/mol. The number of hydrogen-bond acceptors (Lipinski definition) is 6. The molecule has 32 heavy (non-hydrogen) atoms. The molecule has 7 heteroatoms. The Morgan fingerprint density at radius 2 is 1.78 bits per heavy atom. The molecule has 4 rings (SSSR count). The number of thiophene rings is 1. The predicted molar refractivity (Wildman–Crippen MR) is 130 cm³/mol. The molecule has 2 aromatic carbocycles. The van der Waals surface area contributed by atoms with E-state index < -0.39 is 0 Å². The highest BCUT2D eigenvalue weighted by atomic mass is 32.1. The van der Waals surface area contributed by atoms with Gasteiger partial charge in [-0.1, -0.05) is 60.7 Å². The van der Waals surface area contributed by atoms with Gasteiger partial charge in [-0.05, 0) is 11.1 Å². The number of fused-ring (bicyclic) bond motifs is 1. The smallest absolute Gasteiger partial charge is 0.224 e. The maximum Gasteiger partial charge on any atom is 0.224 e. The number of amides is 1. The van der Waals surface area contributed by atoms with Gasteiger partial charge in [-0.3, -0.25) is 4.79 Å². The Morgan fingerprint density at radius 1 is 1.06 bits per heavy atom. The molecule has 0 saturated heterocycles. The third kappa shape index (κ3) is 5.12. The summed E-state index contributed by atoms with van der Waals surface area (Å²) in [7, 11) is 3.47. The van der Waals surface area contributed by atoms with Crippen molar-refractivity contribution in [3.8, 4) is 11.1 Å². The molecule has 0 bridgehead atoms. The summed E-state index contributed by atoms with van der Waals surface area (Å²) in [5.41, 5.74) is 3.32. The van der Waals surface area contributed by atoms with Crippen LogP contribution in [0.5, 0.6) is 0 Å². The molecule has 0 unspecified atom stereocenters. The Bertz CT molecular complexity index is 1180. The van der Waals surface area contributed by atoms with Gasteiger partial charge < -0.3 is 15.0 Å². The Kier molecular flexibility index (Phi) is 7.09. The topological polar surface area (TPSA) is 67.3 Å². The van der Waals surface area contributed by atoms with Crippen molar-refractivity contribution >= 4 is 33.3 Å². The number of aromatic nitrogens is 2. The van der Waals surface area contributed by atoms with E-state index in [4.69, 9.17) is 9.72 Å². The maximum absolute atomic E-state index is 12.6. The number of hydrogen-bond donors (Lipinski definition) is 1. The molecule has 6 nitrogen and oxygen atoms in total. The van der Waals surface area contributed by atoms with Crippen molar-refractivity contribution in [2.24, 2.45) is 0 Å². The minimum atomic E-state index is 0.0809. The van der Waals surface area contributed by atoms with Crippen LogP contribution < -0.4 is 5.32 Å². The van der Waals surface area contributed by atoms with Crippen LogP contribution in [0.15, 0.2) is 66.0 Å². The van der Waals surface area contributed by atoms with Crippen LogP contribution in [0.2, 0.25) is 0 Å². The largest absolute Gasteiger partial charge is 0.377 e. The lowest BCUT2D eigenvalue weighted by atomic mass is 10.1. The summed E-state index contributed by atoms with van der Waals surface area (Å²) in [5, 5.41) is 6.47. The van der Waals surface area contributed by atoms with Crippen LogP contribution in [-0.4, -0.2) is 41.5 Å². The van der Waals surface area contributed by atoms with Crippen molar-refractivity contribution in [3.63, 3.8) is 0 Å². The van der Waals surface area contributed by atoms with Crippen molar-refractivity contribution in [2.75, 3.05) is 26.0 Å². The minimum Gasteiger partial charge on any atom is -0.377 e. The second kappa shape index (κ2) is 10.3. The van der Waals surface area contributed by atoms with Crippen molar-refractivity contribution in [3.05, 3.63) is 77.4 Å². The van der Waals surface area contributed by atoms with E-state index in [-0.39, 0.29) is 5.91 Å². The van der Waals surface area contributed by atoms with Crippen LogP contribution in [0.25, 0.3) is 21.3 Å². The van der Waals surface area contributed by atoms with Crippen molar-refractivity contribution in [1.29, 1.82) is 0 Å². The summed E-state index contributed by atoms with van der Waals surface area (Å²) in [5.74, 6) is 1.44. The van der Waals surface area contributed by atoms with Crippen molar-refractivity contribution in [2.45, 2.75) is 19.6 Å². The number of methoxy groups -OCH3 is 1. The maximum atomic E-state index is 12.6. The van der Waals surface area contributed by atoms with Crippen LogP contribution in [-0.2, 0) is 22.7 Å². The predicted octanol–water partition coefficient (Wildman–Crippen LogP) is 4.97. The Morgan fingerprint density at radius 3 is 2.50 bits per heavy atom. The molecule has 2 aromatic heterocycles. The first-order valence-corrected chi connectivity index (χ1v) is 11.4. The summed E-state index contributed by atoms with van der Waals surface area (Å²) >= 11 is 1.59. The zero-order chi connectivity index (χ0) is 22.3. The number of nitrogens with zero attached hydrogens (tertiary/aromatic N) is 3. The number of benzene rings is 2. The molecule has 0 aliphatic carbocycles. The fourth-order valence-electron chi connectivity index (χ4n) is 3.56. The van der Waals surface area contributed by atoms with E-state index in [0.29, 0.717) is 31.9 Å². The van der Waals surface area contributed by atoms with E-state index in [1.54, 1.807) is 23.3 Å². The minimum absolute atomic E-state index is 0.0809. The zero-order valence-corrected chi connectivity index (χ0v) is 19.1. The summed E-state index contributed by atoms with van der Waals surface area (Å²) in [6, 6.07) is 20.2. The summed E-state index contributed by atoms with van der Waals surface area (Å²) in [6.07, 6.45) is 0.374. The highest BCUT2D eigenvalue weighted by Gasteiger charge is 2.16. The van der Waals surface area contributed by atoms with Gasteiger partial charge in [-0.25, -0.2) is 9.97 Å². The van der Waals surface area contributed by atoms with Gasteiger partial charge in [-0.2, -0.15) is 0 Å². The van der Waals surface area contributed by atoms with Crippen LogP contribution >= 0.6 is 11.3 Å². The third-order valence-electron chi connectivity index (χ3n) is 5.16.